The van der Waals surface area contributed by atoms with Crippen molar-refractivity contribution >= 4 is 11.4 Å². The van der Waals surface area contributed by atoms with E-state index in [9.17, 15) is 0 Å². The van der Waals surface area contributed by atoms with E-state index in [1.165, 1.54) is 5.56 Å². The SMILES string of the molecule is Cc1ccc(N(C)Cc2nccn2C)c(N)c1. The standard InChI is InChI=1S/C13H18N4/c1-10-4-5-12(11(14)8-10)17(3)9-13-15-6-7-16(13)2/h4-8H,9,14H2,1-3H3. The lowest BCUT2D eigenvalue weighted by molar-refractivity contribution is 0.762. The van der Waals surface area contributed by atoms with E-state index < -0.39 is 0 Å². The summed E-state index contributed by atoms with van der Waals surface area (Å²) in [5.74, 6) is 1.02. The fraction of sp³-hybridized carbons (Fsp3) is 0.308. The Kier molecular flexibility index (Phi) is 3.04. The number of hydrogen-bond donors (Lipinski definition) is 1. The minimum Gasteiger partial charge on any atom is -0.397 e. The van der Waals surface area contributed by atoms with Crippen LogP contribution in [0.5, 0.6) is 0 Å². The molecular weight excluding hydrogens is 212 g/mol. The summed E-state index contributed by atoms with van der Waals surface area (Å²) in [6, 6.07) is 6.11. The Balaban J connectivity index is 2.20. The van der Waals surface area contributed by atoms with Gasteiger partial charge in [0.1, 0.15) is 5.82 Å². The van der Waals surface area contributed by atoms with Gasteiger partial charge in [0.2, 0.25) is 0 Å². The zero-order chi connectivity index (χ0) is 12.4. The Labute approximate surface area is 102 Å². The van der Waals surface area contributed by atoms with Crippen LogP contribution in [0, 0.1) is 6.92 Å². The molecule has 0 saturated heterocycles. The summed E-state index contributed by atoms with van der Waals surface area (Å²) in [5, 5.41) is 0. The van der Waals surface area contributed by atoms with Crippen molar-refractivity contribution in [2.45, 2.75) is 13.5 Å². The maximum Gasteiger partial charge on any atom is 0.127 e. The van der Waals surface area contributed by atoms with Gasteiger partial charge in [0, 0.05) is 26.5 Å². The molecule has 2 N–H and O–H groups in total. The molecule has 2 rings (SSSR count). The van der Waals surface area contributed by atoms with E-state index in [1.807, 2.05) is 50.1 Å². The molecule has 17 heavy (non-hydrogen) atoms. The van der Waals surface area contributed by atoms with E-state index in [-0.39, 0.29) is 0 Å². The normalized spacial score (nSPS) is 10.5. The van der Waals surface area contributed by atoms with Crippen molar-refractivity contribution in [2.24, 2.45) is 7.05 Å². The second-order valence-electron chi connectivity index (χ2n) is 4.37. The average molecular weight is 230 g/mol. The molecule has 0 unspecified atom stereocenters. The summed E-state index contributed by atoms with van der Waals surface area (Å²) in [4.78, 5) is 6.42. The topological polar surface area (TPSA) is 47.1 Å². The summed E-state index contributed by atoms with van der Waals surface area (Å²) in [7, 11) is 4.02. The maximum absolute atomic E-state index is 6.02. The molecule has 2 aromatic rings. The average Bonchev–Trinajstić information content (AvgIpc) is 2.64. The fourth-order valence-electron chi connectivity index (χ4n) is 1.87. The summed E-state index contributed by atoms with van der Waals surface area (Å²) < 4.78 is 2.01. The lowest BCUT2D eigenvalue weighted by Gasteiger charge is -2.21. The van der Waals surface area contributed by atoms with Crippen LogP contribution in [0.4, 0.5) is 11.4 Å². The molecule has 90 valence electrons. The van der Waals surface area contributed by atoms with Gasteiger partial charge in [0.15, 0.2) is 0 Å². The smallest absolute Gasteiger partial charge is 0.127 e. The molecule has 0 amide bonds. The van der Waals surface area contributed by atoms with Gasteiger partial charge in [-0.2, -0.15) is 0 Å². The molecule has 0 aliphatic heterocycles. The van der Waals surface area contributed by atoms with Gasteiger partial charge >= 0.3 is 0 Å². The van der Waals surface area contributed by atoms with Crippen LogP contribution in [-0.2, 0) is 13.6 Å². The number of aryl methyl sites for hydroxylation is 2. The van der Waals surface area contributed by atoms with Crippen LogP contribution in [0.15, 0.2) is 30.6 Å². The Morgan fingerprint density at radius 2 is 2.18 bits per heavy atom. The number of anilines is 2. The van der Waals surface area contributed by atoms with Gasteiger partial charge in [-0.15, -0.1) is 0 Å². The van der Waals surface area contributed by atoms with E-state index in [4.69, 9.17) is 5.73 Å². The predicted molar refractivity (Wildman–Crippen MR) is 70.9 cm³/mol. The monoisotopic (exact) mass is 230 g/mol. The molecule has 0 bridgehead atoms. The Morgan fingerprint density at radius 3 is 2.76 bits per heavy atom. The quantitative estimate of drug-likeness (QED) is 0.820. The van der Waals surface area contributed by atoms with Crippen molar-refractivity contribution in [1.29, 1.82) is 0 Å². The van der Waals surface area contributed by atoms with Crippen LogP contribution in [0.1, 0.15) is 11.4 Å². The summed E-state index contributed by atoms with van der Waals surface area (Å²) >= 11 is 0. The summed E-state index contributed by atoms with van der Waals surface area (Å²) in [6.45, 7) is 2.79. The predicted octanol–water partition coefficient (Wildman–Crippen LogP) is 1.95. The molecule has 1 aromatic carbocycles. The Morgan fingerprint density at radius 1 is 1.41 bits per heavy atom. The molecule has 1 heterocycles. The zero-order valence-corrected chi connectivity index (χ0v) is 10.5. The van der Waals surface area contributed by atoms with Gasteiger partial charge < -0.3 is 15.2 Å². The Bertz CT molecular complexity index is 516. The minimum atomic E-state index is 0.747. The molecule has 0 radical (unpaired) electrons. The first kappa shape index (κ1) is 11.5. The van der Waals surface area contributed by atoms with Gasteiger partial charge in [-0.1, -0.05) is 6.07 Å². The molecule has 0 fully saturated rings. The van der Waals surface area contributed by atoms with Gasteiger partial charge in [0.25, 0.3) is 0 Å². The third-order valence-electron chi connectivity index (χ3n) is 2.89. The summed E-state index contributed by atoms with van der Waals surface area (Å²) in [6.07, 6.45) is 3.75. The number of nitrogens with two attached hydrogens (primary N) is 1. The van der Waals surface area contributed by atoms with Crippen LogP contribution >= 0.6 is 0 Å². The van der Waals surface area contributed by atoms with Crippen molar-refractivity contribution in [2.75, 3.05) is 17.7 Å². The second-order valence-corrected chi connectivity index (χ2v) is 4.37. The maximum atomic E-state index is 6.02. The van der Waals surface area contributed by atoms with Crippen molar-refractivity contribution < 1.29 is 0 Å². The highest BCUT2D eigenvalue weighted by atomic mass is 15.2. The van der Waals surface area contributed by atoms with E-state index >= 15 is 0 Å². The molecule has 0 aliphatic carbocycles. The number of hydrogen-bond acceptors (Lipinski definition) is 3. The number of imidazole rings is 1. The first-order chi connectivity index (χ1) is 8.08. The van der Waals surface area contributed by atoms with Gasteiger partial charge in [-0.3, -0.25) is 0 Å². The van der Waals surface area contributed by atoms with Crippen molar-refractivity contribution in [3.8, 4) is 0 Å². The van der Waals surface area contributed by atoms with Gasteiger partial charge in [-0.05, 0) is 24.6 Å². The first-order valence-electron chi connectivity index (χ1n) is 5.61. The minimum absolute atomic E-state index is 0.747. The molecule has 4 heteroatoms. The molecule has 1 aromatic heterocycles. The van der Waals surface area contributed by atoms with E-state index in [2.05, 4.69) is 16.0 Å². The van der Waals surface area contributed by atoms with Gasteiger partial charge in [-0.25, -0.2) is 4.98 Å². The van der Waals surface area contributed by atoms with Gasteiger partial charge in [0.05, 0.1) is 17.9 Å². The van der Waals surface area contributed by atoms with Crippen LogP contribution in [0.2, 0.25) is 0 Å². The molecule has 4 nitrogen and oxygen atoms in total. The van der Waals surface area contributed by atoms with E-state index in [0.717, 1.165) is 23.7 Å². The fourth-order valence-corrected chi connectivity index (χ4v) is 1.87. The number of rotatable bonds is 3. The number of nitrogens with zero attached hydrogens (tertiary/aromatic N) is 3. The highest BCUT2D eigenvalue weighted by molar-refractivity contribution is 5.68. The summed E-state index contributed by atoms with van der Waals surface area (Å²) in [5.41, 5.74) is 9.05. The zero-order valence-electron chi connectivity index (χ0n) is 10.5. The highest BCUT2D eigenvalue weighted by Gasteiger charge is 2.08. The largest absolute Gasteiger partial charge is 0.397 e. The molecule has 0 saturated carbocycles. The molecular formula is C13H18N4. The van der Waals surface area contributed by atoms with Crippen LogP contribution in [-0.4, -0.2) is 16.6 Å². The van der Waals surface area contributed by atoms with Crippen molar-refractivity contribution in [3.63, 3.8) is 0 Å². The Hall–Kier alpha value is -1.97. The van der Waals surface area contributed by atoms with Crippen molar-refractivity contribution in [3.05, 3.63) is 42.0 Å². The van der Waals surface area contributed by atoms with E-state index in [1.54, 1.807) is 0 Å². The number of benzene rings is 1. The molecule has 0 atom stereocenters. The van der Waals surface area contributed by atoms with Crippen LogP contribution < -0.4 is 10.6 Å². The third kappa shape index (κ3) is 2.41. The van der Waals surface area contributed by atoms with Crippen molar-refractivity contribution in [1.82, 2.24) is 9.55 Å². The van der Waals surface area contributed by atoms with E-state index in [0.29, 0.717) is 0 Å². The number of nitrogen functional groups attached to an aromatic ring is 1. The molecule has 0 aliphatic rings. The first-order valence-corrected chi connectivity index (χ1v) is 5.61. The highest BCUT2D eigenvalue weighted by Crippen LogP contribution is 2.24. The number of aromatic nitrogens is 2. The second kappa shape index (κ2) is 4.49. The van der Waals surface area contributed by atoms with Crippen LogP contribution in [0.3, 0.4) is 0 Å². The third-order valence-corrected chi connectivity index (χ3v) is 2.89. The van der Waals surface area contributed by atoms with Crippen LogP contribution in [0.25, 0.3) is 0 Å². The lowest BCUT2D eigenvalue weighted by atomic mass is 10.2. The lowest BCUT2D eigenvalue weighted by Crippen LogP contribution is -2.20. The molecule has 0 spiro atoms.